The van der Waals surface area contributed by atoms with Crippen LogP contribution in [0.1, 0.15) is 0 Å². The summed E-state index contributed by atoms with van der Waals surface area (Å²) in [5, 5.41) is 15.2. The molecule has 2 heterocycles. The molecule has 14 rings (SSSR count). The SMILES string of the molecule is c1ccc(-c2c3ccccc3c(-c3cccc4sc5cccc(-c6c7ccccc7c(-c7cccc8c7c7ccccc7n8-c7ccccc7)c7ccccc67)c5c34)c3ccccc23)cc1. The van der Waals surface area contributed by atoms with Gasteiger partial charge in [-0.3, -0.25) is 0 Å². The normalized spacial score (nSPS) is 11.9. The first-order valence-corrected chi connectivity index (χ1v) is 23.6. The standard InChI is InChI=1S/C64H39NS/c1-3-20-40(21-4-1)58-42-24-7-9-26-44(42)60(45-27-10-8-25-43(45)58)52-34-18-38-56-63(52)64-53(35-19-39-57(64)66-56)61-48-30-13-11-28-46(48)59(47-29-12-14-31-49(47)61)51-33-17-37-55-62(51)50-32-15-16-36-54(50)65(55)41-22-5-2-6-23-41/h1-39H. The van der Waals surface area contributed by atoms with Gasteiger partial charge in [0, 0.05) is 36.6 Å². The van der Waals surface area contributed by atoms with Crippen LogP contribution >= 0.6 is 11.3 Å². The summed E-state index contributed by atoms with van der Waals surface area (Å²) < 4.78 is 5.01. The molecule has 0 aliphatic rings. The molecule has 14 aromatic rings. The van der Waals surface area contributed by atoms with Gasteiger partial charge in [0.25, 0.3) is 0 Å². The van der Waals surface area contributed by atoms with Crippen LogP contribution in [0.5, 0.6) is 0 Å². The molecule has 0 saturated heterocycles. The number of hydrogen-bond donors (Lipinski definition) is 0. The van der Waals surface area contributed by atoms with Crippen LogP contribution < -0.4 is 0 Å². The monoisotopic (exact) mass is 853 g/mol. The van der Waals surface area contributed by atoms with E-state index in [1.165, 1.54) is 130 Å². The van der Waals surface area contributed by atoms with Crippen molar-refractivity contribution in [2.45, 2.75) is 0 Å². The highest BCUT2D eigenvalue weighted by molar-refractivity contribution is 7.26. The highest BCUT2D eigenvalue weighted by atomic mass is 32.1. The van der Waals surface area contributed by atoms with E-state index in [4.69, 9.17) is 0 Å². The number of nitrogens with zero attached hydrogens (tertiary/aromatic N) is 1. The third-order valence-electron chi connectivity index (χ3n) is 14.0. The first-order valence-electron chi connectivity index (χ1n) is 22.8. The molecule has 0 unspecified atom stereocenters. The third kappa shape index (κ3) is 5.34. The number of fused-ring (bicyclic) bond motifs is 10. The van der Waals surface area contributed by atoms with Gasteiger partial charge in [-0.1, -0.05) is 200 Å². The van der Waals surface area contributed by atoms with Gasteiger partial charge in [0.15, 0.2) is 0 Å². The van der Waals surface area contributed by atoms with E-state index in [0.29, 0.717) is 0 Å². The fourth-order valence-corrected chi connectivity index (χ4v) is 12.6. The van der Waals surface area contributed by atoms with E-state index in [-0.39, 0.29) is 0 Å². The summed E-state index contributed by atoms with van der Waals surface area (Å²) in [6.07, 6.45) is 0. The molecule has 2 heteroatoms. The van der Waals surface area contributed by atoms with E-state index in [1.54, 1.807) is 0 Å². The van der Waals surface area contributed by atoms with Crippen LogP contribution in [0.4, 0.5) is 0 Å². The predicted molar refractivity (Wildman–Crippen MR) is 285 cm³/mol. The van der Waals surface area contributed by atoms with E-state index >= 15 is 0 Å². The largest absolute Gasteiger partial charge is 0.309 e. The van der Waals surface area contributed by atoms with Crippen molar-refractivity contribution in [3.63, 3.8) is 0 Å². The fraction of sp³-hybridized carbons (Fsp3) is 0. The van der Waals surface area contributed by atoms with Gasteiger partial charge < -0.3 is 4.57 Å². The Balaban J connectivity index is 1.09. The average molecular weight is 854 g/mol. The highest BCUT2D eigenvalue weighted by Crippen LogP contribution is 2.53. The number of benzene rings is 12. The van der Waals surface area contributed by atoms with E-state index in [0.717, 1.165) is 5.69 Å². The van der Waals surface area contributed by atoms with Crippen LogP contribution in [-0.2, 0) is 0 Å². The van der Waals surface area contributed by atoms with Gasteiger partial charge in [0.2, 0.25) is 0 Å². The molecule has 306 valence electrons. The number of para-hydroxylation sites is 2. The molecular weight excluding hydrogens is 815 g/mol. The van der Waals surface area contributed by atoms with Gasteiger partial charge in [-0.25, -0.2) is 0 Å². The third-order valence-corrected chi connectivity index (χ3v) is 15.1. The van der Waals surface area contributed by atoms with Crippen molar-refractivity contribution in [2.75, 3.05) is 0 Å². The Kier molecular flexibility index (Phi) is 8.22. The zero-order valence-electron chi connectivity index (χ0n) is 35.9. The molecule has 0 radical (unpaired) electrons. The Morgan fingerprint density at radius 2 is 0.591 bits per heavy atom. The highest BCUT2D eigenvalue weighted by Gasteiger charge is 2.25. The van der Waals surface area contributed by atoms with E-state index < -0.39 is 0 Å². The minimum Gasteiger partial charge on any atom is -0.309 e. The van der Waals surface area contributed by atoms with Gasteiger partial charge in [-0.05, 0) is 124 Å². The molecule has 66 heavy (non-hydrogen) atoms. The molecular formula is C64H39NS. The minimum absolute atomic E-state index is 1.16. The lowest BCUT2D eigenvalue weighted by Crippen LogP contribution is -1.94. The van der Waals surface area contributed by atoms with Crippen LogP contribution in [0.25, 0.3) is 135 Å². The molecule has 12 aromatic carbocycles. The van der Waals surface area contributed by atoms with Crippen molar-refractivity contribution < 1.29 is 0 Å². The quantitative estimate of drug-likeness (QED) is 0.152. The van der Waals surface area contributed by atoms with Crippen molar-refractivity contribution in [3.8, 4) is 50.2 Å². The second-order valence-corrected chi connectivity index (χ2v) is 18.5. The molecule has 0 amide bonds. The Hall–Kier alpha value is -8.30. The zero-order chi connectivity index (χ0) is 43.3. The summed E-state index contributed by atoms with van der Waals surface area (Å²) >= 11 is 1.90. The van der Waals surface area contributed by atoms with E-state index in [9.17, 15) is 0 Å². The van der Waals surface area contributed by atoms with Crippen LogP contribution in [0, 0.1) is 0 Å². The lowest BCUT2D eigenvalue weighted by molar-refractivity contribution is 1.18. The molecule has 0 spiro atoms. The van der Waals surface area contributed by atoms with Gasteiger partial charge in [0.1, 0.15) is 0 Å². The molecule has 1 nitrogen and oxygen atoms in total. The molecule has 0 N–H and O–H groups in total. The van der Waals surface area contributed by atoms with Gasteiger partial charge in [-0.2, -0.15) is 0 Å². The molecule has 0 aliphatic carbocycles. The van der Waals surface area contributed by atoms with Gasteiger partial charge >= 0.3 is 0 Å². The molecule has 0 aliphatic heterocycles. The summed E-state index contributed by atoms with van der Waals surface area (Å²) in [5.74, 6) is 0. The average Bonchev–Trinajstić information content (AvgIpc) is 3.94. The Morgan fingerprint density at radius 3 is 1.06 bits per heavy atom. The summed E-state index contributed by atoms with van der Waals surface area (Å²) in [5.41, 5.74) is 13.7. The molecule has 0 fully saturated rings. The summed E-state index contributed by atoms with van der Waals surface area (Å²) in [6, 6.07) is 87.7. The van der Waals surface area contributed by atoms with Gasteiger partial charge in [0.05, 0.1) is 11.0 Å². The van der Waals surface area contributed by atoms with Crippen molar-refractivity contribution in [2.24, 2.45) is 0 Å². The van der Waals surface area contributed by atoms with Crippen molar-refractivity contribution >= 4 is 96.4 Å². The van der Waals surface area contributed by atoms with Crippen molar-refractivity contribution in [3.05, 3.63) is 237 Å². The van der Waals surface area contributed by atoms with Crippen LogP contribution in [0.3, 0.4) is 0 Å². The Labute approximate surface area is 385 Å². The molecule has 0 saturated carbocycles. The van der Waals surface area contributed by atoms with Crippen LogP contribution in [0.15, 0.2) is 237 Å². The Morgan fingerprint density at radius 1 is 0.242 bits per heavy atom. The second-order valence-electron chi connectivity index (χ2n) is 17.4. The summed E-state index contributed by atoms with van der Waals surface area (Å²) in [6.45, 7) is 0. The number of hydrogen-bond acceptors (Lipinski definition) is 1. The van der Waals surface area contributed by atoms with Crippen LogP contribution in [0.2, 0.25) is 0 Å². The van der Waals surface area contributed by atoms with Gasteiger partial charge in [-0.15, -0.1) is 11.3 Å². The maximum Gasteiger partial charge on any atom is 0.0547 e. The first kappa shape index (κ1) is 37.1. The molecule has 2 aromatic heterocycles. The lowest BCUT2D eigenvalue weighted by atomic mass is 9.82. The fourth-order valence-electron chi connectivity index (χ4n) is 11.4. The smallest absolute Gasteiger partial charge is 0.0547 e. The van der Waals surface area contributed by atoms with E-state index in [1.807, 2.05) is 11.3 Å². The first-order chi connectivity index (χ1) is 32.8. The Bertz CT molecular complexity index is 4160. The maximum atomic E-state index is 2.43. The number of thiophene rings is 1. The topological polar surface area (TPSA) is 4.93 Å². The molecule has 0 bridgehead atoms. The lowest BCUT2D eigenvalue weighted by Gasteiger charge is -2.20. The molecule has 0 atom stereocenters. The zero-order valence-corrected chi connectivity index (χ0v) is 36.7. The number of rotatable bonds is 5. The van der Waals surface area contributed by atoms with E-state index in [2.05, 4.69) is 241 Å². The number of aromatic nitrogens is 1. The minimum atomic E-state index is 1.16. The summed E-state index contributed by atoms with van der Waals surface area (Å²) in [4.78, 5) is 0. The predicted octanol–water partition coefficient (Wildman–Crippen LogP) is 18.4. The van der Waals surface area contributed by atoms with Crippen molar-refractivity contribution in [1.29, 1.82) is 0 Å². The van der Waals surface area contributed by atoms with Crippen molar-refractivity contribution in [1.82, 2.24) is 4.57 Å². The van der Waals surface area contributed by atoms with Crippen LogP contribution in [-0.4, -0.2) is 4.57 Å². The maximum absolute atomic E-state index is 2.43. The second kappa shape index (κ2) is 14.6. The summed E-state index contributed by atoms with van der Waals surface area (Å²) in [7, 11) is 0.